The molecule has 2 atom stereocenters. The number of benzene rings is 2. The van der Waals surface area contributed by atoms with Crippen molar-refractivity contribution in [1.82, 2.24) is 9.80 Å². The van der Waals surface area contributed by atoms with E-state index in [1.165, 1.54) is 25.0 Å². The van der Waals surface area contributed by atoms with E-state index in [0.29, 0.717) is 41.0 Å². The van der Waals surface area contributed by atoms with Gasteiger partial charge in [-0.3, -0.25) is 4.90 Å². The smallest absolute Gasteiger partial charge is 0.210 e. The van der Waals surface area contributed by atoms with Crippen LogP contribution in [0.3, 0.4) is 0 Å². The molecule has 3 aliphatic rings. The van der Waals surface area contributed by atoms with Gasteiger partial charge in [0.25, 0.3) is 0 Å². The zero-order valence-corrected chi connectivity index (χ0v) is 28.2. The van der Waals surface area contributed by atoms with Crippen molar-refractivity contribution >= 4 is 43.9 Å². The molecule has 4 heterocycles. The number of halogens is 4. The third-order valence-electron chi connectivity index (χ3n) is 9.07. The van der Waals surface area contributed by atoms with Gasteiger partial charge in [-0.05, 0) is 81.3 Å². The molecule has 246 valence electrons. The first-order valence-corrected chi connectivity index (χ1v) is 17.2. The van der Waals surface area contributed by atoms with Crippen LogP contribution in [0.2, 0.25) is 5.02 Å². The number of allylic oxidation sites excluding steroid dienone is 1. The molecule has 11 heteroatoms. The molecule has 0 saturated carbocycles. The third-order valence-corrected chi connectivity index (χ3v) is 10.4. The predicted molar refractivity (Wildman–Crippen MR) is 182 cm³/mol. The number of amidine groups is 1. The lowest BCUT2D eigenvalue weighted by Crippen LogP contribution is -2.33. The fourth-order valence-corrected chi connectivity index (χ4v) is 8.01. The fraction of sp³-hybridized carbons (Fsp3) is 0.486. The van der Waals surface area contributed by atoms with E-state index in [1.807, 2.05) is 19.1 Å². The predicted octanol–water partition coefficient (Wildman–Crippen LogP) is 8.98. The summed E-state index contributed by atoms with van der Waals surface area (Å²) in [5.74, 6) is -0.0123. The number of aliphatic imine (C=N–C) groups is 1. The lowest BCUT2D eigenvalue weighted by atomic mass is 9.94. The zero-order valence-electron chi connectivity index (χ0n) is 26.6. The molecule has 0 radical (unpaired) electrons. The molecule has 0 amide bonds. The van der Waals surface area contributed by atoms with E-state index < -0.39 is 17.8 Å². The topological polar surface area (TPSA) is 77.9 Å². The molecule has 0 aliphatic carbocycles. The van der Waals surface area contributed by atoms with Gasteiger partial charge in [0.15, 0.2) is 0 Å². The summed E-state index contributed by atoms with van der Waals surface area (Å²) in [5, 5.41) is 10.3. The van der Waals surface area contributed by atoms with Crippen molar-refractivity contribution in [2.24, 2.45) is 4.99 Å². The highest BCUT2D eigenvalue weighted by atomic mass is 35.5. The Kier molecular flexibility index (Phi) is 11.2. The minimum Gasteiger partial charge on any atom is -0.481 e. The molecule has 3 saturated heterocycles. The van der Waals surface area contributed by atoms with Crippen LogP contribution < -0.4 is 5.73 Å². The Morgan fingerprint density at radius 2 is 1.93 bits per heavy atom. The SMILES string of the molecule is CC/C=C(/N=C(\c1cc(Cl)c(-c2ccc(F)c3sc(N)c(C#N)c23)c(F)c1C)N1CCCCCC1)OC.FC1CC2CCCN2C1. The van der Waals surface area contributed by atoms with Crippen LogP contribution in [-0.4, -0.2) is 61.1 Å². The summed E-state index contributed by atoms with van der Waals surface area (Å²) in [6.45, 7) is 7.12. The standard InChI is InChI=1S/C28H29ClF2N4OS.C7H12FN/c1-4-9-22(36-3)34-28(35-12-7-5-6-8-13-35)18-14-20(29)24(25(31)16(18)2)17-10-11-21(30)26-23(17)19(15-32)27(33)37-26;8-6-4-7-2-1-3-9(7)5-6/h9-11,14H,4-8,12-13,33H2,1-3H3;6-7H,1-5H2/b22-9-,34-28+;. The number of fused-ring (bicyclic) bond motifs is 2. The Balaban J connectivity index is 0.000000393. The first-order valence-electron chi connectivity index (χ1n) is 16.0. The summed E-state index contributed by atoms with van der Waals surface area (Å²) in [7, 11) is 1.56. The number of nitrogens with two attached hydrogens (primary N) is 1. The van der Waals surface area contributed by atoms with Gasteiger partial charge in [0.2, 0.25) is 5.88 Å². The number of ether oxygens (including phenoxy) is 1. The van der Waals surface area contributed by atoms with Crippen LogP contribution in [0, 0.1) is 29.9 Å². The molecule has 2 unspecified atom stereocenters. The number of nitrogens with zero attached hydrogens (tertiary/aromatic N) is 4. The van der Waals surface area contributed by atoms with Crippen molar-refractivity contribution in [3.05, 3.63) is 63.5 Å². The van der Waals surface area contributed by atoms with Crippen LogP contribution in [0.5, 0.6) is 0 Å². The van der Waals surface area contributed by atoms with Gasteiger partial charge in [0.1, 0.15) is 34.7 Å². The van der Waals surface area contributed by atoms with Gasteiger partial charge in [-0.25, -0.2) is 13.2 Å². The van der Waals surface area contributed by atoms with Gasteiger partial charge in [0, 0.05) is 42.2 Å². The highest BCUT2D eigenvalue weighted by Crippen LogP contribution is 2.44. The normalized spacial score (nSPS) is 20.7. The number of hydrogen-bond acceptors (Lipinski definition) is 6. The van der Waals surface area contributed by atoms with E-state index in [1.54, 1.807) is 20.1 Å². The molecular weight excluding hydrogens is 631 g/mol. The molecule has 1 aromatic heterocycles. The number of alkyl halides is 1. The average molecular weight is 672 g/mol. The summed E-state index contributed by atoms with van der Waals surface area (Å²) < 4.78 is 49.1. The molecule has 3 aliphatic heterocycles. The lowest BCUT2D eigenvalue weighted by Gasteiger charge is -2.27. The number of hydrogen-bond donors (Lipinski definition) is 1. The number of methoxy groups -OCH3 is 1. The number of nitriles is 1. The second kappa shape index (κ2) is 15.1. The lowest BCUT2D eigenvalue weighted by molar-refractivity contribution is 0.285. The summed E-state index contributed by atoms with van der Waals surface area (Å²) in [6, 6.07) is 7.05. The molecule has 0 bridgehead atoms. The number of anilines is 1. The van der Waals surface area contributed by atoms with Crippen molar-refractivity contribution in [2.45, 2.75) is 77.4 Å². The zero-order chi connectivity index (χ0) is 33.0. The molecule has 2 N–H and O–H groups in total. The Morgan fingerprint density at radius 1 is 1.20 bits per heavy atom. The maximum absolute atomic E-state index is 16.2. The third kappa shape index (κ3) is 7.02. The van der Waals surface area contributed by atoms with Crippen LogP contribution in [0.4, 0.5) is 18.2 Å². The summed E-state index contributed by atoms with van der Waals surface area (Å²) in [5.41, 5.74) is 7.47. The second-order valence-corrected chi connectivity index (χ2v) is 13.5. The largest absolute Gasteiger partial charge is 0.481 e. The van der Waals surface area contributed by atoms with Crippen LogP contribution >= 0.6 is 22.9 Å². The first-order chi connectivity index (χ1) is 22.2. The highest BCUT2D eigenvalue weighted by molar-refractivity contribution is 7.23. The van der Waals surface area contributed by atoms with Gasteiger partial charge in [-0.2, -0.15) is 10.3 Å². The van der Waals surface area contributed by atoms with Gasteiger partial charge >= 0.3 is 0 Å². The van der Waals surface area contributed by atoms with Crippen molar-refractivity contribution in [3.63, 3.8) is 0 Å². The summed E-state index contributed by atoms with van der Waals surface area (Å²) in [4.78, 5) is 9.25. The highest BCUT2D eigenvalue weighted by Gasteiger charge is 2.34. The maximum Gasteiger partial charge on any atom is 0.210 e. The van der Waals surface area contributed by atoms with Gasteiger partial charge < -0.3 is 15.4 Å². The van der Waals surface area contributed by atoms with Crippen molar-refractivity contribution < 1.29 is 17.9 Å². The van der Waals surface area contributed by atoms with Crippen LogP contribution in [0.25, 0.3) is 21.2 Å². The molecule has 0 spiro atoms. The quantitative estimate of drug-likeness (QED) is 0.166. The maximum atomic E-state index is 16.2. The number of rotatable bonds is 5. The van der Waals surface area contributed by atoms with Gasteiger partial charge in [-0.15, -0.1) is 11.3 Å². The van der Waals surface area contributed by atoms with Crippen LogP contribution in [0.15, 0.2) is 35.2 Å². The van der Waals surface area contributed by atoms with Gasteiger partial charge in [-0.1, -0.05) is 37.4 Å². The molecular formula is C35H41ClF3N5OS. The molecule has 6 rings (SSSR count). The summed E-state index contributed by atoms with van der Waals surface area (Å²) in [6.07, 6.45) is 9.70. The minimum absolute atomic E-state index is 0.105. The molecule has 2 aromatic carbocycles. The molecule has 3 aromatic rings. The Bertz CT molecular complexity index is 1660. The second-order valence-electron chi connectivity index (χ2n) is 12.1. The van der Waals surface area contributed by atoms with Crippen LogP contribution in [0.1, 0.15) is 75.0 Å². The fourth-order valence-electron chi connectivity index (χ4n) is 6.77. The molecule has 6 nitrogen and oxygen atoms in total. The van der Waals surface area contributed by atoms with E-state index in [-0.39, 0.29) is 31.2 Å². The monoisotopic (exact) mass is 671 g/mol. The molecule has 3 fully saturated rings. The number of thiophene rings is 1. The van der Waals surface area contributed by atoms with E-state index in [0.717, 1.165) is 69.5 Å². The van der Waals surface area contributed by atoms with Crippen LogP contribution in [-0.2, 0) is 4.74 Å². The average Bonchev–Trinajstić information content (AvgIpc) is 3.64. The van der Waals surface area contributed by atoms with Gasteiger partial charge in [0.05, 0.1) is 22.4 Å². The van der Waals surface area contributed by atoms with E-state index in [9.17, 15) is 14.0 Å². The Morgan fingerprint density at radius 3 is 2.59 bits per heavy atom. The van der Waals surface area contributed by atoms with Crippen molar-refractivity contribution in [3.8, 4) is 17.2 Å². The number of nitrogen functional groups attached to an aromatic ring is 1. The van der Waals surface area contributed by atoms with E-state index in [4.69, 9.17) is 27.1 Å². The Labute approximate surface area is 278 Å². The summed E-state index contributed by atoms with van der Waals surface area (Å²) >= 11 is 7.73. The van der Waals surface area contributed by atoms with E-state index >= 15 is 4.39 Å². The minimum atomic E-state index is -0.551. The van der Waals surface area contributed by atoms with Crippen molar-refractivity contribution in [2.75, 3.05) is 39.0 Å². The first kappa shape index (κ1) is 34.1. The Hall–Kier alpha value is -3.26. The number of likely N-dealkylation sites (tertiary alicyclic amines) is 1. The van der Waals surface area contributed by atoms with Crippen molar-refractivity contribution in [1.29, 1.82) is 5.26 Å². The molecule has 46 heavy (non-hydrogen) atoms. The van der Waals surface area contributed by atoms with E-state index in [2.05, 4.69) is 9.80 Å².